The Kier molecular flexibility index (Phi) is 4.13. The van der Waals surface area contributed by atoms with Crippen molar-refractivity contribution < 1.29 is 4.74 Å². The number of rotatable bonds is 3. The number of hydrogen-bond acceptors (Lipinski definition) is 3. The molecule has 2 unspecified atom stereocenters. The van der Waals surface area contributed by atoms with E-state index in [9.17, 15) is 0 Å². The average Bonchev–Trinajstić information content (AvgIpc) is 2.30. The Morgan fingerprint density at radius 1 is 1.38 bits per heavy atom. The number of benzene rings is 1. The van der Waals surface area contributed by atoms with Gasteiger partial charge in [0.2, 0.25) is 0 Å². The summed E-state index contributed by atoms with van der Waals surface area (Å²) in [6.07, 6.45) is 1.26. The zero-order valence-electron chi connectivity index (χ0n) is 9.90. The molecule has 3 heteroatoms. The first-order valence-corrected chi connectivity index (χ1v) is 6.95. The summed E-state index contributed by atoms with van der Waals surface area (Å²) in [6.45, 7) is 4.99. The quantitative estimate of drug-likeness (QED) is 0.872. The molecule has 0 saturated carbocycles. The first-order valence-electron chi connectivity index (χ1n) is 5.90. The predicted octanol–water partition coefficient (Wildman–Crippen LogP) is 3.20. The number of nitrogens with one attached hydrogen (secondary N) is 1. The van der Waals surface area contributed by atoms with Gasteiger partial charge in [-0.15, -0.1) is 11.8 Å². The third-order valence-electron chi connectivity index (χ3n) is 2.77. The van der Waals surface area contributed by atoms with Crippen LogP contribution in [0.1, 0.15) is 31.2 Å². The lowest BCUT2D eigenvalue weighted by atomic mass is 10.2. The molecule has 1 fully saturated rings. The van der Waals surface area contributed by atoms with Crippen LogP contribution in [0.5, 0.6) is 5.75 Å². The summed E-state index contributed by atoms with van der Waals surface area (Å²) in [5.41, 5.74) is 1.35. The molecule has 1 aliphatic heterocycles. The Hall–Kier alpha value is -0.670. The van der Waals surface area contributed by atoms with E-state index in [1.807, 2.05) is 18.7 Å². The monoisotopic (exact) mass is 237 g/mol. The lowest BCUT2D eigenvalue weighted by Crippen LogP contribution is -2.33. The van der Waals surface area contributed by atoms with E-state index in [1.54, 1.807) is 0 Å². The van der Waals surface area contributed by atoms with Crippen molar-refractivity contribution >= 4 is 11.8 Å². The Bertz CT molecular complexity index is 325. The van der Waals surface area contributed by atoms with Crippen molar-refractivity contribution in [3.63, 3.8) is 0 Å². The van der Waals surface area contributed by atoms with Crippen molar-refractivity contribution in [2.24, 2.45) is 0 Å². The maximum atomic E-state index is 5.44. The van der Waals surface area contributed by atoms with Crippen molar-refractivity contribution in [2.75, 3.05) is 12.4 Å². The van der Waals surface area contributed by atoms with Gasteiger partial charge in [-0.2, -0.15) is 0 Å². The van der Waals surface area contributed by atoms with E-state index in [4.69, 9.17) is 4.74 Å². The Morgan fingerprint density at radius 2 is 2.12 bits per heavy atom. The van der Waals surface area contributed by atoms with Gasteiger partial charge in [0.25, 0.3) is 0 Å². The molecule has 2 nitrogen and oxygen atoms in total. The second-order valence-electron chi connectivity index (χ2n) is 4.11. The summed E-state index contributed by atoms with van der Waals surface area (Å²) >= 11 is 1.99. The van der Waals surface area contributed by atoms with E-state index in [1.165, 1.54) is 17.7 Å². The second-order valence-corrected chi connectivity index (χ2v) is 5.32. The molecule has 1 N–H and O–H groups in total. The molecule has 0 radical (unpaired) electrons. The highest BCUT2D eigenvalue weighted by molar-refractivity contribution is 7.99. The standard InChI is InChI=1S/C13H19NOS/c1-3-15-12-6-4-11(5-7-12)13-14-10(2)8-9-16-13/h4-7,10,13-14H,3,8-9H2,1-2H3. The first-order chi connectivity index (χ1) is 7.79. The zero-order valence-corrected chi connectivity index (χ0v) is 10.7. The van der Waals surface area contributed by atoms with Crippen LogP contribution >= 0.6 is 11.8 Å². The van der Waals surface area contributed by atoms with Crippen LogP contribution in [0.25, 0.3) is 0 Å². The van der Waals surface area contributed by atoms with Crippen molar-refractivity contribution in [3.05, 3.63) is 29.8 Å². The molecule has 1 saturated heterocycles. The lowest BCUT2D eigenvalue weighted by Gasteiger charge is -2.28. The van der Waals surface area contributed by atoms with Crippen molar-refractivity contribution in [1.29, 1.82) is 0 Å². The molecule has 1 aromatic rings. The summed E-state index contributed by atoms with van der Waals surface area (Å²) in [5, 5.41) is 4.05. The van der Waals surface area contributed by atoms with Crippen LogP contribution < -0.4 is 10.1 Å². The van der Waals surface area contributed by atoms with Crippen molar-refractivity contribution in [3.8, 4) is 5.75 Å². The van der Waals surface area contributed by atoms with E-state index >= 15 is 0 Å². The molecule has 1 aromatic carbocycles. The Balaban J connectivity index is 2.03. The maximum Gasteiger partial charge on any atom is 0.119 e. The van der Waals surface area contributed by atoms with Gasteiger partial charge in [-0.25, -0.2) is 0 Å². The molecule has 16 heavy (non-hydrogen) atoms. The third kappa shape index (κ3) is 2.92. The Morgan fingerprint density at radius 3 is 2.75 bits per heavy atom. The molecule has 1 heterocycles. The Labute approximate surface area is 102 Å². The SMILES string of the molecule is CCOc1ccc(C2NC(C)CCS2)cc1. The summed E-state index contributed by atoms with van der Waals surface area (Å²) in [5.74, 6) is 2.20. The van der Waals surface area contributed by atoms with Gasteiger partial charge in [0.1, 0.15) is 5.75 Å². The average molecular weight is 237 g/mol. The van der Waals surface area contributed by atoms with Crippen LogP contribution in [0.3, 0.4) is 0 Å². The second kappa shape index (κ2) is 5.60. The molecule has 0 aliphatic carbocycles. The molecule has 0 bridgehead atoms. The minimum absolute atomic E-state index is 0.444. The van der Waals surface area contributed by atoms with Gasteiger partial charge in [-0.1, -0.05) is 12.1 Å². The predicted molar refractivity (Wildman–Crippen MR) is 70.0 cm³/mol. The highest BCUT2D eigenvalue weighted by atomic mass is 32.2. The van der Waals surface area contributed by atoms with Gasteiger partial charge < -0.3 is 4.74 Å². The van der Waals surface area contributed by atoms with E-state index in [0.29, 0.717) is 11.4 Å². The lowest BCUT2D eigenvalue weighted by molar-refractivity contribution is 0.340. The molecule has 1 aliphatic rings. The first kappa shape index (κ1) is 11.8. The molecular formula is C13H19NOS. The minimum Gasteiger partial charge on any atom is -0.494 e. The van der Waals surface area contributed by atoms with Crippen molar-refractivity contribution in [2.45, 2.75) is 31.7 Å². The zero-order chi connectivity index (χ0) is 11.4. The maximum absolute atomic E-state index is 5.44. The van der Waals surface area contributed by atoms with Gasteiger partial charge in [0.05, 0.1) is 12.0 Å². The number of ether oxygens (including phenoxy) is 1. The van der Waals surface area contributed by atoms with Crippen LogP contribution in [-0.4, -0.2) is 18.4 Å². The summed E-state index contributed by atoms with van der Waals surface area (Å²) in [7, 11) is 0. The van der Waals surface area contributed by atoms with E-state index in [-0.39, 0.29) is 0 Å². The van der Waals surface area contributed by atoms with E-state index < -0.39 is 0 Å². The highest BCUT2D eigenvalue weighted by Crippen LogP contribution is 2.32. The molecular weight excluding hydrogens is 218 g/mol. The smallest absolute Gasteiger partial charge is 0.119 e. The molecule has 88 valence electrons. The minimum atomic E-state index is 0.444. The fourth-order valence-electron chi connectivity index (χ4n) is 1.85. The number of thioether (sulfide) groups is 1. The van der Waals surface area contributed by atoms with Gasteiger partial charge >= 0.3 is 0 Å². The molecule has 0 aromatic heterocycles. The van der Waals surface area contributed by atoms with Crippen LogP contribution in [0, 0.1) is 0 Å². The van der Waals surface area contributed by atoms with Crippen LogP contribution in [0.2, 0.25) is 0 Å². The molecule has 0 amide bonds. The van der Waals surface area contributed by atoms with Crippen molar-refractivity contribution in [1.82, 2.24) is 5.32 Å². The van der Waals surface area contributed by atoms with Gasteiger partial charge in [-0.05, 0) is 43.7 Å². The number of hydrogen-bond donors (Lipinski definition) is 1. The third-order valence-corrected chi connectivity index (χ3v) is 3.98. The topological polar surface area (TPSA) is 21.3 Å². The largest absolute Gasteiger partial charge is 0.494 e. The molecule has 0 spiro atoms. The van der Waals surface area contributed by atoms with Gasteiger partial charge in [0.15, 0.2) is 0 Å². The van der Waals surface area contributed by atoms with Crippen LogP contribution in [0.4, 0.5) is 0 Å². The summed E-state index contributed by atoms with van der Waals surface area (Å²) in [4.78, 5) is 0. The van der Waals surface area contributed by atoms with Gasteiger partial charge in [0, 0.05) is 6.04 Å². The van der Waals surface area contributed by atoms with E-state index in [2.05, 4.69) is 36.5 Å². The fourth-order valence-corrected chi connectivity index (χ4v) is 3.25. The fraction of sp³-hybridized carbons (Fsp3) is 0.538. The molecule has 2 rings (SSSR count). The summed E-state index contributed by atoms with van der Waals surface area (Å²) in [6, 6.07) is 9.06. The highest BCUT2D eigenvalue weighted by Gasteiger charge is 2.19. The molecule has 2 atom stereocenters. The van der Waals surface area contributed by atoms with E-state index in [0.717, 1.165) is 12.4 Å². The normalized spacial score (nSPS) is 25.4. The summed E-state index contributed by atoms with van der Waals surface area (Å²) < 4.78 is 5.44. The van der Waals surface area contributed by atoms with Gasteiger partial charge in [-0.3, -0.25) is 5.32 Å². The van der Waals surface area contributed by atoms with Crippen LogP contribution in [0.15, 0.2) is 24.3 Å². The van der Waals surface area contributed by atoms with Crippen LogP contribution in [-0.2, 0) is 0 Å².